The van der Waals surface area contributed by atoms with Crippen molar-refractivity contribution >= 4 is 0 Å². The summed E-state index contributed by atoms with van der Waals surface area (Å²) in [7, 11) is 0. The Bertz CT molecular complexity index is 505. The maximum absolute atomic E-state index is 6.45. The van der Waals surface area contributed by atoms with Gasteiger partial charge in [-0.25, -0.2) is 0 Å². The Morgan fingerprint density at radius 2 is 1.87 bits per heavy atom. The first-order chi connectivity index (χ1) is 11.4. The zero-order valence-electron chi connectivity index (χ0n) is 13.6. The van der Waals surface area contributed by atoms with Crippen LogP contribution in [0.4, 0.5) is 0 Å². The summed E-state index contributed by atoms with van der Waals surface area (Å²) < 4.78 is 24.7. The fourth-order valence-electron chi connectivity index (χ4n) is 4.03. The van der Waals surface area contributed by atoms with E-state index in [-0.39, 0.29) is 18.3 Å². The van der Waals surface area contributed by atoms with Crippen LogP contribution in [0.25, 0.3) is 0 Å². The van der Waals surface area contributed by atoms with Crippen LogP contribution < -0.4 is 0 Å². The first-order valence-corrected chi connectivity index (χ1v) is 8.95. The summed E-state index contributed by atoms with van der Waals surface area (Å²) in [4.78, 5) is 0. The zero-order valence-corrected chi connectivity index (χ0v) is 13.6. The van der Waals surface area contributed by atoms with E-state index in [1.165, 1.54) is 5.56 Å². The number of fused-ring (bicyclic) bond motifs is 1. The molecule has 4 heteroatoms. The van der Waals surface area contributed by atoms with E-state index in [2.05, 4.69) is 12.1 Å². The van der Waals surface area contributed by atoms with Gasteiger partial charge in [0.25, 0.3) is 0 Å². The summed E-state index contributed by atoms with van der Waals surface area (Å²) in [6.45, 7) is 2.25. The van der Waals surface area contributed by atoms with E-state index < -0.39 is 5.79 Å². The SMILES string of the molecule is c1ccc(CO[C@@H]2CCCO[C@@]23CCC2OCCCC2O3)cc1. The van der Waals surface area contributed by atoms with Gasteiger partial charge in [-0.3, -0.25) is 0 Å². The highest BCUT2D eigenvalue weighted by atomic mass is 16.7. The average Bonchev–Trinajstić information content (AvgIpc) is 2.62. The highest BCUT2D eigenvalue weighted by Crippen LogP contribution is 2.42. The van der Waals surface area contributed by atoms with Crippen molar-refractivity contribution in [3.8, 4) is 0 Å². The minimum atomic E-state index is -0.561. The minimum Gasteiger partial charge on any atom is -0.376 e. The lowest BCUT2D eigenvalue weighted by Gasteiger charge is -2.50. The van der Waals surface area contributed by atoms with Crippen LogP contribution in [0.1, 0.15) is 44.1 Å². The third-order valence-corrected chi connectivity index (χ3v) is 5.25. The van der Waals surface area contributed by atoms with Crippen LogP contribution in [0, 0.1) is 0 Å². The van der Waals surface area contributed by atoms with E-state index in [1.54, 1.807) is 0 Å². The molecule has 3 aliphatic rings. The molecule has 1 aromatic carbocycles. The molecule has 3 aliphatic heterocycles. The van der Waals surface area contributed by atoms with Crippen LogP contribution in [-0.4, -0.2) is 37.3 Å². The van der Waals surface area contributed by atoms with E-state index >= 15 is 0 Å². The largest absolute Gasteiger partial charge is 0.376 e. The van der Waals surface area contributed by atoms with Gasteiger partial charge in [0, 0.05) is 13.0 Å². The van der Waals surface area contributed by atoms with Crippen LogP contribution in [0.5, 0.6) is 0 Å². The Balaban J connectivity index is 1.44. The summed E-state index contributed by atoms with van der Waals surface area (Å²) in [6.07, 6.45) is 6.49. The van der Waals surface area contributed by atoms with Crippen LogP contribution in [0.15, 0.2) is 30.3 Å². The third-order valence-electron chi connectivity index (χ3n) is 5.25. The van der Waals surface area contributed by atoms with Gasteiger partial charge >= 0.3 is 0 Å². The lowest BCUT2D eigenvalue weighted by atomic mass is 9.88. The van der Waals surface area contributed by atoms with Crippen molar-refractivity contribution in [2.45, 2.75) is 69.2 Å². The highest BCUT2D eigenvalue weighted by Gasteiger charge is 2.51. The Morgan fingerprint density at radius 1 is 1.00 bits per heavy atom. The van der Waals surface area contributed by atoms with Crippen molar-refractivity contribution in [3.63, 3.8) is 0 Å². The third kappa shape index (κ3) is 3.31. The van der Waals surface area contributed by atoms with E-state index in [9.17, 15) is 0 Å². The molecule has 0 aromatic heterocycles. The minimum absolute atomic E-state index is 0.0133. The molecule has 126 valence electrons. The molecular formula is C19H26O4. The molecule has 1 spiro atoms. The van der Waals surface area contributed by atoms with E-state index in [1.807, 2.05) is 18.2 Å². The van der Waals surface area contributed by atoms with Crippen molar-refractivity contribution in [2.75, 3.05) is 13.2 Å². The summed E-state index contributed by atoms with van der Waals surface area (Å²) in [5.74, 6) is -0.561. The molecule has 4 rings (SSSR count). The molecule has 3 fully saturated rings. The average molecular weight is 318 g/mol. The molecule has 0 N–H and O–H groups in total. The molecule has 23 heavy (non-hydrogen) atoms. The summed E-state index contributed by atoms with van der Waals surface area (Å²) >= 11 is 0. The Kier molecular flexibility index (Phi) is 4.67. The second-order valence-electron chi connectivity index (χ2n) is 6.83. The first kappa shape index (κ1) is 15.6. The van der Waals surface area contributed by atoms with Gasteiger partial charge in [0.2, 0.25) is 0 Å². The lowest BCUT2D eigenvalue weighted by molar-refractivity contribution is -0.360. The van der Waals surface area contributed by atoms with Gasteiger partial charge in [-0.15, -0.1) is 0 Å². The Labute approximate surface area is 138 Å². The van der Waals surface area contributed by atoms with Crippen molar-refractivity contribution in [1.29, 1.82) is 0 Å². The molecule has 4 atom stereocenters. The predicted molar refractivity (Wildman–Crippen MR) is 86.0 cm³/mol. The maximum atomic E-state index is 6.45. The van der Waals surface area contributed by atoms with Crippen LogP contribution in [-0.2, 0) is 25.6 Å². The zero-order chi connectivity index (χ0) is 15.5. The molecule has 0 radical (unpaired) electrons. The normalized spacial score (nSPS) is 37.5. The quantitative estimate of drug-likeness (QED) is 0.855. The van der Waals surface area contributed by atoms with Gasteiger partial charge in [0.15, 0.2) is 5.79 Å². The predicted octanol–water partition coefficient (Wildman–Crippen LogP) is 3.44. The number of ether oxygens (including phenoxy) is 4. The number of hydrogen-bond acceptors (Lipinski definition) is 4. The standard InChI is InChI=1S/C19H26O4/c1-2-6-15(7-3-1)14-21-18-9-5-13-22-19(18)11-10-16-17(23-19)8-4-12-20-16/h1-3,6-7,16-18H,4-5,8-14H2/t16?,17?,18-,19-/m1/s1. The molecule has 1 aromatic rings. The van der Waals surface area contributed by atoms with Gasteiger partial charge < -0.3 is 18.9 Å². The van der Waals surface area contributed by atoms with Crippen LogP contribution in [0.3, 0.4) is 0 Å². The molecule has 2 unspecified atom stereocenters. The second-order valence-corrected chi connectivity index (χ2v) is 6.83. The summed E-state index contributed by atoms with van der Waals surface area (Å²) in [5.41, 5.74) is 1.20. The van der Waals surface area contributed by atoms with Gasteiger partial charge in [0.1, 0.15) is 6.10 Å². The Morgan fingerprint density at radius 3 is 2.78 bits per heavy atom. The molecule has 4 nitrogen and oxygen atoms in total. The molecular weight excluding hydrogens is 292 g/mol. The molecule has 3 heterocycles. The van der Waals surface area contributed by atoms with Crippen molar-refractivity contribution in [3.05, 3.63) is 35.9 Å². The highest BCUT2D eigenvalue weighted by molar-refractivity contribution is 5.13. The summed E-state index contributed by atoms with van der Waals surface area (Å²) in [6, 6.07) is 10.3. The molecule has 0 saturated carbocycles. The van der Waals surface area contributed by atoms with E-state index in [0.29, 0.717) is 6.61 Å². The van der Waals surface area contributed by atoms with Gasteiger partial charge in [-0.1, -0.05) is 30.3 Å². The molecule has 0 amide bonds. The number of benzene rings is 1. The maximum Gasteiger partial charge on any atom is 0.195 e. The van der Waals surface area contributed by atoms with Gasteiger partial charge in [-0.05, 0) is 37.7 Å². The van der Waals surface area contributed by atoms with Crippen molar-refractivity contribution in [2.24, 2.45) is 0 Å². The lowest BCUT2D eigenvalue weighted by Crippen LogP contribution is -2.59. The van der Waals surface area contributed by atoms with E-state index in [4.69, 9.17) is 18.9 Å². The monoisotopic (exact) mass is 318 g/mol. The fourth-order valence-corrected chi connectivity index (χ4v) is 4.03. The number of rotatable bonds is 3. The summed E-state index contributed by atoms with van der Waals surface area (Å²) in [5, 5.41) is 0. The Hall–Kier alpha value is -0.940. The molecule has 3 saturated heterocycles. The fraction of sp³-hybridized carbons (Fsp3) is 0.684. The van der Waals surface area contributed by atoms with Crippen LogP contribution >= 0.6 is 0 Å². The topological polar surface area (TPSA) is 36.9 Å². The number of hydrogen-bond donors (Lipinski definition) is 0. The molecule has 0 bridgehead atoms. The smallest absolute Gasteiger partial charge is 0.195 e. The van der Waals surface area contributed by atoms with Crippen LogP contribution in [0.2, 0.25) is 0 Å². The van der Waals surface area contributed by atoms with Gasteiger partial charge in [0.05, 0.1) is 25.4 Å². The van der Waals surface area contributed by atoms with E-state index in [0.717, 1.165) is 51.7 Å². The molecule has 0 aliphatic carbocycles. The van der Waals surface area contributed by atoms with Crippen molar-refractivity contribution < 1.29 is 18.9 Å². The first-order valence-electron chi connectivity index (χ1n) is 8.95. The van der Waals surface area contributed by atoms with Crippen molar-refractivity contribution in [1.82, 2.24) is 0 Å². The van der Waals surface area contributed by atoms with Gasteiger partial charge in [-0.2, -0.15) is 0 Å². The second kappa shape index (κ2) is 6.89.